The maximum atomic E-state index is 11.9. The van der Waals surface area contributed by atoms with Crippen LogP contribution in [0.25, 0.3) is 11.3 Å². The van der Waals surface area contributed by atoms with Crippen molar-refractivity contribution in [1.29, 1.82) is 0 Å². The third-order valence-electron chi connectivity index (χ3n) is 3.70. The first-order valence-corrected chi connectivity index (χ1v) is 8.95. The van der Waals surface area contributed by atoms with Gasteiger partial charge >= 0.3 is 0 Å². The summed E-state index contributed by atoms with van der Waals surface area (Å²) in [6.07, 6.45) is 1.42. The van der Waals surface area contributed by atoms with Crippen molar-refractivity contribution in [1.82, 2.24) is 5.43 Å². The highest BCUT2D eigenvalue weighted by Gasteiger charge is 2.10. The molecule has 0 unspecified atom stereocenters. The fraction of sp³-hybridized carbons (Fsp3) is 0.100. The van der Waals surface area contributed by atoms with Crippen LogP contribution in [0.15, 0.2) is 64.1 Å². The highest BCUT2D eigenvalue weighted by Crippen LogP contribution is 2.34. The molecule has 1 heterocycles. The van der Waals surface area contributed by atoms with Gasteiger partial charge < -0.3 is 9.73 Å². The Morgan fingerprint density at radius 1 is 1.15 bits per heavy atom. The third-order valence-corrected chi connectivity index (χ3v) is 4.51. The van der Waals surface area contributed by atoms with Crippen LogP contribution in [-0.2, 0) is 4.79 Å². The van der Waals surface area contributed by atoms with E-state index in [0.29, 0.717) is 27.1 Å². The van der Waals surface area contributed by atoms with Crippen LogP contribution in [0.3, 0.4) is 0 Å². The van der Waals surface area contributed by atoms with Gasteiger partial charge in [0.05, 0.1) is 22.8 Å². The smallest absolute Gasteiger partial charge is 0.259 e. The standard InChI is InChI=1S/C20H17Cl2N3O2/c1-13-4-2-5-14(10-13)23-12-19(26)25-24-11-15-8-9-18(27-15)16-6-3-7-17(21)20(16)22/h2-11,23H,12H2,1H3,(H,25,26)/b24-11+. The molecule has 138 valence electrons. The van der Waals surface area contributed by atoms with Crippen LogP contribution in [-0.4, -0.2) is 18.7 Å². The van der Waals surface area contributed by atoms with Crippen LogP contribution in [0.2, 0.25) is 10.0 Å². The van der Waals surface area contributed by atoms with E-state index in [1.807, 2.05) is 37.3 Å². The number of aryl methyl sites for hydroxylation is 1. The number of nitrogens with zero attached hydrogens (tertiary/aromatic N) is 1. The van der Waals surface area contributed by atoms with Crippen molar-refractivity contribution in [3.05, 3.63) is 76.0 Å². The number of carbonyl (C=O) groups is 1. The number of halogens is 2. The second kappa shape index (κ2) is 8.75. The molecule has 2 aromatic carbocycles. The predicted molar refractivity (Wildman–Crippen MR) is 110 cm³/mol. The molecule has 0 aliphatic heterocycles. The fourth-order valence-electron chi connectivity index (χ4n) is 2.41. The normalized spacial score (nSPS) is 10.9. The number of hydrogen-bond donors (Lipinski definition) is 2. The van der Waals surface area contributed by atoms with E-state index in [0.717, 1.165) is 11.3 Å². The van der Waals surface area contributed by atoms with Gasteiger partial charge in [-0.15, -0.1) is 0 Å². The molecule has 0 spiro atoms. The molecule has 27 heavy (non-hydrogen) atoms. The first kappa shape index (κ1) is 19.0. The summed E-state index contributed by atoms with van der Waals surface area (Å²) in [5, 5.41) is 7.81. The van der Waals surface area contributed by atoms with Gasteiger partial charge in [-0.05, 0) is 48.9 Å². The van der Waals surface area contributed by atoms with Gasteiger partial charge in [0.25, 0.3) is 5.91 Å². The second-order valence-electron chi connectivity index (χ2n) is 5.82. The predicted octanol–water partition coefficient (Wildman–Crippen LogP) is 5.12. The van der Waals surface area contributed by atoms with Crippen LogP contribution in [0.5, 0.6) is 0 Å². The van der Waals surface area contributed by atoms with E-state index in [1.54, 1.807) is 24.3 Å². The van der Waals surface area contributed by atoms with E-state index in [2.05, 4.69) is 15.8 Å². The molecular formula is C20H17Cl2N3O2. The van der Waals surface area contributed by atoms with Gasteiger partial charge in [0, 0.05) is 11.3 Å². The molecule has 0 saturated carbocycles. The number of anilines is 1. The van der Waals surface area contributed by atoms with Crippen molar-refractivity contribution >= 4 is 41.0 Å². The average molecular weight is 402 g/mol. The molecule has 0 aliphatic carbocycles. The molecule has 0 atom stereocenters. The molecule has 0 fully saturated rings. The molecular weight excluding hydrogens is 385 g/mol. The Kier molecular flexibility index (Phi) is 6.16. The van der Waals surface area contributed by atoms with Crippen molar-refractivity contribution in [3.8, 4) is 11.3 Å². The van der Waals surface area contributed by atoms with Crippen molar-refractivity contribution < 1.29 is 9.21 Å². The quantitative estimate of drug-likeness (QED) is 0.444. The molecule has 0 aliphatic rings. The third kappa shape index (κ3) is 5.12. The topological polar surface area (TPSA) is 66.6 Å². The van der Waals surface area contributed by atoms with Gasteiger partial charge in [0.15, 0.2) is 0 Å². The lowest BCUT2D eigenvalue weighted by atomic mass is 10.2. The molecule has 1 amide bonds. The number of nitrogens with one attached hydrogen (secondary N) is 2. The maximum absolute atomic E-state index is 11.9. The van der Waals surface area contributed by atoms with Gasteiger partial charge in [-0.3, -0.25) is 4.79 Å². The largest absolute Gasteiger partial charge is 0.455 e. The van der Waals surface area contributed by atoms with Gasteiger partial charge in [0.1, 0.15) is 11.5 Å². The van der Waals surface area contributed by atoms with E-state index in [-0.39, 0.29) is 12.5 Å². The summed E-state index contributed by atoms with van der Waals surface area (Å²) < 4.78 is 5.67. The van der Waals surface area contributed by atoms with Crippen LogP contribution < -0.4 is 10.7 Å². The molecule has 2 N–H and O–H groups in total. The number of rotatable bonds is 6. The molecule has 0 radical (unpaired) electrons. The zero-order chi connectivity index (χ0) is 19.2. The Morgan fingerprint density at radius 3 is 2.78 bits per heavy atom. The highest BCUT2D eigenvalue weighted by molar-refractivity contribution is 6.43. The van der Waals surface area contributed by atoms with Crippen molar-refractivity contribution in [2.24, 2.45) is 5.10 Å². The Morgan fingerprint density at radius 2 is 1.96 bits per heavy atom. The minimum absolute atomic E-state index is 0.113. The van der Waals surface area contributed by atoms with E-state index < -0.39 is 0 Å². The van der Waals surface area contributed by atoms with Gasteiger partial charge in [-0.2, -0.15) is 5.10 Å². The first-order chi connectivity index (χ1) is 13.0. The summed E-state index contributed by atoms with van der Waals surface area (Å²) in [5.41, 5.74) is 5.13. The number of amides is 1. The minimum atomic E-state index is -0.266. The summed E-state index contributed by atoms with van der Waals surface area (Å²) in [6, 6.07) is 16.6. The lowest BCUT2D eigenvalue weighted by molar-refractivity contribution is -0.119. The molecule has 5 nitrogen and oxygen atoms in total. The Balaban J connectivity index is 1.55. The zero-order valence-electron chi connectivity index (χ0n) is 14.5. The number of hydrogen-bond acceptors (Lipinski definition) is 4. The molecule has 7 heteroatoms. The molecule has 3 rings (SSSR count). The Bertz CT molecular complexity index is 983. The summed E-state index contributed by atoms with van der Waals surface area (Å²) in [6.45, 7) is 2.10. The van der Waals surface area contributed by atoms with E-state index in [4.69, 9.17) is 27.6 Å². The molecule has 1 aromatic heterocycles. The number of furan rings is 1. The maximum Gasteiger partial charge on any atom is 0.259 e. The van der Waals surface area contributed by atoms with Crippen LogP contribution >= 0.6 is 23.2 Å². The lowest BCUT2D eigenvalue weighted by Gasteiger charge is -2.05. The zero-order valence-corrected chi connectivity index (χ0v) is 16.0. The first-order valence-electron chi connectivity index (χ1n) is 8.19. The molecule has 3 aromatic rings. The number of hydrazone groups is 1. The van der Waals surface area contributed by atoms with Crippen molar-refractivity contribution in [3.63, 3.8) is 0 Å². The summed E-state index contributed by atoms with van der Waals surface area (Å²) in [5.74, 6) is 0.779. The monoisotopic (exact) mass is 401 g/mol. The highest BCUT2D eigenvalue weighted by atomic mass is 35.5. The van der Waals surface area contributed by atoms with E-state index in [1.165, 1.54) is 6.21 Å². The number of benzene rings is 2. The fourth-order valence-corrected chi connectivity index (χ4v) is 2.80. The SMILES string of the molecule is Cc1cccc(NCC(=O)N/N=C/c2ccc(-c3cccc(Cl)c3Cl)o2)c1. The Labute approximate surface area is 167 Å². The van der Waals surface area contributed by atoms with Crippen LogP contribution in [0.1, 0.15) is 11.3 Å². The summed E-state index contributed by atoms with van der Waals surface area (Å²) in [4.78, 5) is 11.9. The van der Waals surface area contributed by atoms with Gasteiger partial charge in [0.2, 0.25) is 0 Å². The molecule has 0 bridgehead atoms. The average Bonchev–Trinajstić information content (AvgIpc) is 3.11. The van der Waals surface area contributed by atoms with Gasteiger partial charge in [-0.25, -0.2) is 5.43 Å². The van der Waals surface area contributed by atoms with Crippen LogP contribution in [0, 0.1) is 6.92 Å². The van der Waals surface area contributed by atoms with E-state index >= 15 is 0 Å². The van der Waals surface area contributed by atoms with Crippen molar-refractivity contribution in [2.75, 3.05) is 11.9 Å². The second-order valence-corrected chi connectivity index (χ2v) is 6.60. The van der Waals surface area contributed by atoms with Gasteiger partial charge in [-0.1, -0.05) is 41.4 Å². The van der Waals surface area contributed by atoms with Crippen LogP contribution in [0.4, 0.5) is 5.69 Å². The Hall–Kier alpha value is -2.76. The summed E-state index contributed by atoms with van der Waals surface area (Å²) in [7, 11) is 0. The minimum Gasteiger partial charge on any atom is -0.455 e. The van der Waals surface area contributed by atoms with E-state index in [9.17, 15) is 4.79 Å². The number of carbonyl (C=O) groups excluding carboxylic acids is 1. The summed E-state index contributed by atoms with van der Waals surface area (Å²) >= 11 is 12.2. The molecule has 0 saturated heterocycles. The van der Waals surface area contributed by atoms with Crippen molar-refractivity contribution in [2.45, 2.75) is 6.92 Å². The lowest BCUT2D eigenvalue weighted by Crippen LogP contribution is -2.25.